The molecule has 1 heterocycles. The molecular weight excluding hydrogens is 490 g/mol. The molecule has 0 spiro atoms. The molecule has 0 atom stereocenters. The highest BCUT2D eigenvalue weighted by atomic mass is 79.9. The van der Waals surface area contributed by atoms with Crippen molar-refractivity contribution in [1.82, 2.24) is 20.9 Å². The number of amides is 1. The largest absolute Gasteiger partial charge is 0.493 e. The first-order chi connectivity index (χ1) is 15.0. The van der Waals surface area contributed by atoms with Gasteiger partial charge in [0.25, 0.3) is 5.91 Å². The van der Waals surface area contributed by atoms with E-state index in [1.165, 1.54) is 0 Å². The number of nitrogen functional groups attached to an aromatic ring is 1. The van der Waals surface area contributed by atoms with Crippen molar-refractivity contribution in [3.05, 3.63) is 62.7 Å². The smallest absolute Gasteiger partial charge is 0.277 e. The predicted octanol–water partition coefficient (Wildman–Crippen LogP) is 3.17. The summed E-state index contributed by atoms with van der Waals surface area (Å²) in [5.41, 5.74) is 7.44. The summed E-state index contributed by atoms with van der Waals surface area (Å²) in [6.45, 7) is 1.85. The number of hydrogen-bond acceptors (Lipinski definition) is 8. The Hall–Kier alpha value is -2.82. The highest BCUT2D eigenvalue weighted by Crippen LogP contribution is 2.34. The second-order valence-corrected chi connectivity index (χ2v) is 7.73. The Bertz CT molecular complexity index is 1030. The molecule has 0 bridgehead atoms. The van der Waals surface area contributed by atoms with E-state index in [2.05, 4.69) is 41.5 Å². The molecule has 3 rings (SSSR count). The molecule has 4 N–H and O–H groups in total. The standard InChI is InChI=1S/C20H21BrClN5O4/c1-29-16-8-13(10-24-6-7-25-20(28)18-19(23)27-31-26-18)15(21)9-17(16)30-11-12-2-4-14(22)5-3-12/h2-5,8-9,24H,6-7,10-11H2,1H3,(H2,23,27)(H,25,28). The summed E-state index contributed by atoms with van der Waals surface area (Å²) >= 11 is 9.48. The third-order valence-electron chi connectivity index (χ3n) is 4.27. The summed E-state index contributed by atoms with van der Waals surface area (Å²) in [5, 5.41) is 13.4. The number of hydrogen-bond donors (Lipinski definition) is 3. The van der Waals surface area contributed by atoms with Crippen molar-refractivity contribution in [2.24, 2.45) is 0 Å². The number of carbonyl (C=O) groups excluding carboxylic acids is 1. The van der Waals surface area contributed by atoms with Gasteiger partial charge in [0.1, 0.15) is 6.61 Å². The van der Waals surface area contributed by atoms with Crippen LogP contribution in [0.1, 0.15) is 21.6 Å². The normalized spacial score (nSPS) is 10.7. The lowest BCUT2D eigenvalue weighted by Crippen LogP contribution is -2.32. The van der Waals surface area contributed by atoms with Crippen molar-refractivity contribution >= 4 is 39.3 Å². The number of anilines is 1. The number of rotatable bonds is 10. The van der Waals surface area contributed by atoms with Crippen molar-refractivity contribution < 1.29 is 18.9 Å². The summed E-state index contributed by atoms with van der Waals surface area (Å²) in [5.74, 6) is 0.765. The van der Waals surface area contributed by atoms with Gasteiger partial charge in [0.05, 0.1) is 7.11 Å². The summed E-state index contributed by atoms with van der Waals surface area (Å²) in [6, 6.07) is 11.2. The summed E-state index contributed by atoms with van der Waals surface area (Å²) in [4.78, 5) is 11.9. The molecule has 3 aromatic rings. The van der Waals surface area contributed by atoms with E-state index in [1.54, 1.807) is 7.11 Å². The quantitative estimate of drug-likeness (QED) is 0.355. The molecule has 0 aliphatic rings. The third-order valence-corrected chi connectivity index (χ3v) is 5.26. The first kappa shape index (κ1) is 22.9. The molecule has 0 saturated heterocycles. The summed E-state index contributed by atoms with van der Waals surface area (Å²) < 4.78 is 16.7. The third kappa shape index (κ3) is 6.33. The molecule has 0 fully saturated rings. The van der Waals surface area contributed by atoms with Crippen LogP contribution in [0.15, 0.2) is 45.5 Å². The molecule has 31 heavy (non-hydrogen) atoms. The Morgan fingerprint density at radius 1 is 1.19 bits per heavy atom. The van der Waals surface area contributed by atoms with Gasteiger partial charge >= 0.3 is 0 Å². The molecule has 9 nitrogen and oxygen atoms in total. The van der Waals surface area contributed by atoms with Gasteiger partial charge in [-0.05, 0) is 45.7 Å². The van der Waals surface area contributed by atoms with E-state index in [4.69, 9.17) is 26.8 Å². The lowest BCUT2D eigenvalue weighted by Gasteiger charge is -2.15. The van der Waals surface area contributed by atoms with E-state index in [0.717, 1.165) is 15.6 Å². The van der Waals surface area contributed by atoms with Gasteiger partial charge in [0, 0.05) is 29.1 Å². The number of benzene rings is 2. The van der Waals surface area contributed by atoms with Crippen LogP contribution in [0.3, 0.4) is 0 Å². The van der Waals surface area contributed by atoms with Gasteiger partial charge in [-0.3, -0.25) is 4.79 Å². The van der Waals surface area contributed by atoms with Crippen LogP contribution >= 0.6 is 27.5 Å². The molecule has 2 aromatic carbocycles. The fourth-order valence-corrected chi connectivity index (χ4v) is 3.24. The fraction of sp³-hybridized carbons (Fsp3) is 0.250. The van der Waals surface area contributed by atoms with Crippen LogP contribution in [0.5, 0.6) is 11.5 Å². The minimum Gasteiger partial charge on any atom is -0.493 e. The van der Waals surface area contributed by atoms with E-state index in [9.17, 15) is 4.79 Å². The molecular formula is C20H21BrClN5O4. The van der Waals surface area contributed by atoms with E-state index in [1.807, 2.05) is 36.4 Å². The van der Waals surface area contributed by atoms with Crippen LogP contribution in [0.2, 0.25) is 5.02 Å². The number of carbonyl (C=O) groups is 1. The Balaban J connectivity index is 1.50. The van der Waals surface area contributed by atoms with Crippen LogP contribution in [-0.4, -0.2) is 36.4 Å². The molecule has 0 saturated carbocycles. The number of nitrogens with zero attached hydrogens (tertiary/aromatic N) is 2. The van der Waals surface area contributed by atoms with Gasteiger partial charge < -0.3 is 25.8 Å². The van der Waals surface area contributed by atoms with Crippen LogP contribution in [-0.2, 0) is 13.2 Å². The van der Waals surface area contributed by atoms with Gasteiger partial charge in [-0.2, -0.15) is 0 Å². The van der Waals surface area contributed by atoms with Gasteiger partial charge in [-0.15, -0.1) is 0 Å². The number of ether oxygens (including phenoxy) is 2. The van der Waals surface area contributed by atoms with Crippen LogP contribution < -0.4 is 25.8 Å². The zero-order valence-corrected chi connectivity index (χ0v) is 19.0. The average Bonchev–Trinajstić information content (AvgIpc) is 3.20. The average molecular weight is 511 g/mol. The van der Waals surface area contributed by atoms with Crippen LogP contribution in [0.25, 0.3) is 0 Å². The number of halogens is 2. The molecule has 11 heteroatoms. The first-order valence-electron chi connectivity index (χ1n) is 9.28. The molecule has 0 aliphatic heterocycles. The number of methoxy groups -OCH3 is 1. The number of nitrogens with two attached hydrogens (primary N) is 1. The Kier molecular flexibility index (Phi) is 8.10. The van der Waals surface area contributed by atoms with Crippen molar-refractivity contribution in [3.8, 4) is 11.5 Å². The zero-order chi connectivity index (χ0) is 22.2. The maximum absolute atomic E-state index is 11.9. The summed E-state index contributed by atoms with van der Waals surface area (Å²) in [7, 11) is 1.59. The van der Waals surface area contributed by atoms with Gasteiger partial charge in [0.15, 0.2) is 11.5 Å². The molecule has 1 amide bonds. The van der Waals surface area contributed by atoms with E-state index in [-0.39, 0.29) is 11.5 Å². The second-order valence-electron chi connectivity index (χ2n) is 6.44. The van der Waals surface area contributed by atoms with Crippen molar-refractivity contribution in [1.29, 1.82) is 0 Å². The molecule has 1 aromatic heterocycles. The van der Waals surface area contributed by atoms with E-state index < -0.39 is 5.91 Å². The topological polar surface area (TPSA) is 125 Å². The molecule has 164 valence electrons. The Labute approximate surface area is 192 Å². The number of aromatic nitrogens is 2. The maximum Gasteiger partial charge on any atom is 0.277 e. The maximum atomic E-state index is 11.9. The predicted molar refractivity (Wildman–Crippen MR) is 119 cm³/mol. The monoisotopic (exact) mass is 509 g/mol. The van der Waals surface area contributed by atoms with Crippen LogP contribution in [0.4, 0.5) is 5.82 Å². The van der Waals surface area contributed by atoms with Crippen molar-refractivity contribution in [2.75, 3.05) is 25.9 Å². The summed E-state index contributed by atoms with van der Waals surface area (Å²) in [6.07, 6.45) is 0. The van der Waals surface area contributed by atoms with Gasteiger partial charge in [0.2, 0.25) is 11.5 Å². The lowest BCUT2D eigenvalue weighted by molar-refractivity contribution is 0.0944. The SMILES string of the molecule is COc1cc(CNCCNC(=O)c2nonc2N)c(Br)cc1OCc1ccc(Cl)cc1. The van der Waals surface area contributed by atoms with Crippen molar-refractivity contribution in [3.63, 3.8) is 0 Å². The number of nitrogens with one attached hydrogen (secondary N) is 2. The van der Waals surface area contributed by atoms with E-state index in [0.29, 0.717) is 42.8 Å². The fourth-order valence-electron chi connectivity index (χ4n) is 2.65. The van der Waals surface area contributed by atoms with Gasteiger partial charge in [-0.1, -0.05) is 39.7 Å². The molecule has 0 aliphatic carbocycles. The molecule has 0 unspecified atom stereocenters. The first-order valence-corrected chi connectivity index (χ1v) is 10.5. The minimum absolute atomic E-state index is 0.0262. The Morgan fingerprint density at radius 2 is 1.97 bits per heavy atom. The Morgan fingerprint density at radius 3 is 2.65 bits per heavy atom. The van der Waals surface area contributed by atoms with Crippen LogP contribution in [0, 0.1) is 0 Å². The highest BCUT2D eigenvalue weighted by Gasteiger charge is 2.15. The van der Waals surface area contributed by atoms with Gasteiger partial charge in [-0.25, -0.2) is 4.63 Å². The lowest BCUT2D eigenvalue weighted by atomic mass is 10.2. The zero-order valence-electron chi connectivity index (χ0n) is 16.7. The highest BCUT2D eigenvalue weighted by molar-refractivity contribution is 9.10. The van der Waals surface area contributed by atoms with E-state index >= 15 is 0 Å². The second kappa shape index (κ2) is 11.0. The van der Waals surface area contributed by atoms with Crippen molar-refractivity contribution in [2.45, 2.75) is 13.2 Å². The minimum atomic E-state index is -0.439. The molecule has 0 radical (unpaired) electrons.